The highest BCUT2D eigenvalue weighted by Gasteiger charge is 2.05. The van der Waals surface area contributed by atoms with E-state index in [9.17, 15) is 13.2 Å². The molecule has 0 saturated carbocycles. The van der Waals surface area contributed by atoms with Gasteiger partial charge in [-0.05, 0) is 30.3 Å². The molecule has 0 unspecified atom stereocenters. The first-order valence-corrected chi connectivity index (χ1v) is 7.37. The summed E-state index contributed by atoms with van der Waals surface area (Å²) in [5.74, 6) is 0. The Hall–Kier alpha value is -2.21. The molecule has 0 spiro atoms. The molecule has 1 aromatic carbocycles. The lowest BCUT2D eigenvalue weighted by atomic mass is 10.3. The molecule has 98 valence electrons. The molecule has 0 fully saturated rings. The van der Waals surface area contributed by atoms with Crippen LogP contribution in [0.5, 0.6) is 0 Å². The Kier molecular flexibility index (Phi) is 3.62. The van der Waals surface area contributed by atoms with Crippen LogP contribution in [0.2, 0.25) is 0 Å². The molecule has 0 aliphatic rings. The van der Waals surface area contributed by atoms with E-state index in [2.05, 4.69) is 9.98 Å². The second-order valence-electron chi connectivity index (χ2n) is 4.01. The Morgan fingerprint density at radius 1 is 1.11 bits per heavy atom. The third kappa shape index (κ3) is 3.62. The molecule has 19 heavy (non-hydrogen) atoms. The fourth-order valence-corrected chi connectivity index (χ4v) is 2.06. The summed E-state index contributed by atoms with van der Waals surface area (Å²) in [7, 11) is -3.18. The lowest BCUT2D eigenvalue weighted by Crippen LogP contribution is -2.02. The van der Waals surface area contributed by atoms with Gasteiger partial charge in [0.1, 0.15) is 0 Å². The third-order valence-electron chi connectivity index (χ3n) is 2.44. The van der Waals surface area contributed by atoms with Crippen LogP contribution >= 0.6 is 0 Å². The van der Waals surface area contributed by atoms with E-state index in [0.717, 1.165) is 11.8 Å². The van der Waals surface area contributed by atoms with Crippen molar-refractivity contribution in [3.05, 3.63) is 58.5 Å². The number of aromatic amines is 1. The van der Waals surface area contributed by atoms with Gasteiger partial charge in [-0.3, -0.25) is 9.79 Å². The van der Waals surface area contributed by atoms with Crippen molar-refractivity contribution in [3.63, 3.8) is 0 Å². The highest BCUT2D eigenvalue weighted by atomic mass is 32.2. The van der Waals surface area contributed by atoms with Crippen LogP contribution in [0.25, 0.3) is 0 Å². The Bertz CT molecular complexity index is 739. The number of nitrogens with one attached hydrogen (secondary N) is 1. The maximum atomic E-state index is 11.3. The van der Waals surface area contributed by atoms with Crippen LogP contribution in [-0.4, -0.2) is 25.9 Å². The highest BCUT2D eigenvalue weighted by Crippen LogP contribution is 2.16. The molecule has 5 nitrogen and oxygen atoms in total. The zero-order valence-electron chi connectivity index (χ0n) is 10.2. The second-order valence-corrected chi connectivity index (χ2v) is 6.03. The van der Waals surface area contributed by atoms with Crippen LogP contribution in [0.15, 0.2) is 57.3 Å². The first kappa shape index (κ1) is 13.2. The van der Waals surface area contributed by atoms with Crippen molar-refractivity contribution in [1.82, 2.24) is 4.98 Å². The van der Waals surface area contributed by atoms with E-state index in [-0.39, 0.29) is 10.5 Å². The van der Waals surface area contributed by atoms with E-state index in [4.69, 9.17) is 0 Å². The summed E-state index contributed by atoms with van der Waals surface area (Å²) < 4.78 is 22.6. The highest BCUT2D eigenvalue weighted by molar-refractivity contribution is 7.90. The van der Waals surface area contributed by atoms with Crippen LogP contribution < -0.4 is 5.56 Å². The molecule has 0 saturated heterocycles. The van der Waals surface area contributed by atoms with Crippen molar-refractivity contribution in [2.24, 2.45) is 4.99 Å². The van der Waals surface area contributed by atoms with Crippen molar-refractivity contribution in [2.45, 2.75) is 4.90 Å². The van der Waals surface area contributed by atoms with Crippen LogP contribution in [-0.2, 0) is 9.84 Å². The van der Waals surface area contributed by atoms with E-state index in [0.29, 0.717) is 5.69 Å². The van der Waals surface area contributed by atoms with Gasteiger partial charge in [-0.15, -0.1) is 0 Å². The van der Waals surface area contributed by atoms with Gasteiger partial charge < -0.3 is 4.98 Å². The minimum Gasteiger partial charge on any atom is -0.328 e. The van der Waals surface area contributed by atoms with E-state index >= 15 is 0 Å². The minimum atomic E-state index is -3.18. The SMILES string of the molecule is CS(=O)(=O)c1ccc(N=Cc2ccc(=O)[nH]c2)cc1. The van der Waals surface area contributed by atoms with Crippen LogP contribution in [0.4, 0.5) is 5.69 Å². The Morgan fingerprint density at radius 2 is 1.79 bits per heavy atom. The summed E-state index contributed by atoms with van der Waals surface area (Å²) in [6.45, 7) is 0. The van der Waals surface area contributed by atoms with Gasteiger partial charge in [0.25, 0.3) is 0 Å². The summed E-state index contributed by atoms with van der Waals surface area (Å²) in [6, 6.07) is 9.32. The summed E-state index contributed by atoms with van der Waals surface area (Å²) in [4.78, 5) is 17.9. The van der Waals surface area contributed by atoms with Crippen molar-refractivity contribution in [1.29, 1.82) is 0 Å². The summed E-state index contributed by atoms with van der Waals surface area (Å²) in [5.41, 5.74) is 1.22. The summed E-state index contributed by atoms with van der Waals surface area (Å²) in [5, 5.41) is 0. The minimum absolute atomic E-state index is 0.172. The number of hydrogen-bond acceptors (Lipinski definition) is 4. The predicted octanol–water partition coefficient (Wildman–Crippen LogP) is 1.53. The molecule has 2 rings (SSSR count). The molecular weight excluding hydrogens is 264 g/mol. The molecule has 1 N–H and O–H groups in total. The van der Waals surface area contributed by atoms with Gasteiger partial charge in [0, 0.05) is 30.3 Å². The van der Waals surface area contributed by atoms with Gasteiger partial charge in [0.15, 0.2) is 9.84 Å². The smallest absolute Gasteiger partial charge is 0.247 e. The summed E-state index contributed by atoms with van der Waals surface area (Å²) in [6.07, 6.45) is 4.30. The lowest BCUT2D eigenvalue weighted by Gasteiger charge is -1.98. The molecule has 0 bridgehead atoms. The van der Waals surface area contributed by atoms with Gasteiger partial charge in [-0.1, -0.05) is 0 Å². The van der Waals surface area contributed by atoms with E-state index in [1.54, 1.807) is 30.6 Å². The second kappa shape index (κ2) is 5.19. The van der Waals surface area contributed by atoms with E-state index in [1.165, 1.54) is 18.2 Å². The van der Waals surface area contributed by atoms with Crippen molar-refractivity contribution in [2.75, 3.05) is 6.26 Å². The largest absolute Gasteiger partial charge is 0.328 e. The number of rotatable bonds is 3. The molecule has 0 amide bonds. The third-order valence-corrected chi connectivity index (χ3v) is 3.56. The first-order valence-electron chi connectivity index (χ1n) is 5.48. The maximum absolute atomic E-state index is 11.3. The molecule has 6 heteroatoms. The van der Waals surface area contributed by atoms with Crippen LogP contribution in [0.3, 0.4) is 0 Å². The van der Waals surface area contributed by atoms with Crippen molar-refractivity contribution in [3.8, 4) is 0 Å². The first-order chi connectivity index (χ1) is 8.95. The number of hydrogen-bond donors (Lipinski definition) is 1. The topological polar surface area (TPSA) is 79.4 Å². The Morgan fingerprint density at radius 3 is 2.32 bits per heavy atom. The van der Waals surface area contributed by atoms with Gasteiger partial charge >= 0.3 is 0 Å². The molecule has 0 radical (unpaired) electrons. The Labute approximate surface area is 110 Å². The maximum Gasteiger partial charge on any atom is 0.247 e. The van der Waals surface area contributed by atoms with Crippen LogP contribution in [0, 0.1) is 0 Å². The number of nitrogens with zero attached hydrogens (tertiary/aromatic N) is 1. The van der Waals surface area contributed by atoms with Gasteiger partial charge in [-0.2, -0.15) is 0 Å². The average Bonchev–Trinajstić information content (AvgIpc) is 2.37. The quantitative estimate of drug-likeness (QED) is 0.863. The predicted molar refractivity (Wildman–Crippen MR) is 73.9 cm³/mol. The fourth-order valence-electron chi connectivity index (χ4n) is 1.43. The number of H-pyrrole nitrogens is 1. The monoisotopic (exact) mass is 276 g/mol. The number of aliphatic imine (C=N–C) groups is 1. The Balaban J connectivity index is 2.20. The molecule has 0 atom stereocenters. The molecule has 0 aliphatic carbocycles. The van der Waals surface area contributed by atoms with Crippen molar-refractivity contribution >= 4 is 21.7 Å². The number of pyridine rings is 1. The van der Waals surface area contributed by atoms with Crippen molar-refractivity contribution < 1.29 is 8.42 Å². The standard InChI is InChI=1S/C13H12N2O3S/c1-19(17,18)12-5-3-11(4-6-12)14-8-10-2-7-13(16)15-9-10/h2-9H,1H3,(H,15,16). The molecular formula is C13H12N2O3S. The number of benzene rings is 1. The van der Waals surface area contributed by atoms with E-state index < -0.39 is 9.84 Å². The van der Waals surface area contributed by atoms with Gasteiger partial charge in [-0.25, -0.2) is 8.42 Å². The number of aromatic nitrogens is 1. The van der Waals surface area contributed by atoms with Crippen LogP contribution in [0.1, 0.15) is 5.56 Å². The van der Waals surface area contributed by atoms with E-state index in [1.807, 2.05) is 0 Å². The average molecular weight is 276 g/mol. The number of sulfone groups is 1. The molecule has 0 aliphatic heterocycles. The lowest BCUT2D eigenvalue weighted by molar-refractivity contribution is 0.602. The normalized spacial score (nSPS) is 11.8. The zero-order valence-corrected chi connectivity index (χ0v) is 11.0. The summed E-state index contributed by atoms with van der Waals surface area (Å²) >= 11 is 0. The molecule has 1 heterocycles. The van der Waals surface area contributed by atoms with Gasteiger partial charge in [0.2, 0.25) is 5.56 Å². The van der Waals surface area contributed by atoms with Gasteiger partial charge in [0.05, 0.1) is 10.6 Å². The fraction of sp³-hybridized carbons (Fsp3) is 0.0769. The zero-order chi connectivity index (χ0) is 13.9. The molecule has 1 aromatic heterocycles. The molecule has 2 aromatic rings.